The minimum atomic E-state index is 0.566. The zero-order valence-corrected chi connectivity index (χ0v) is 55.3. The van der Waals surface area contributed by atoms with E-state index in [0.717, 1.165) is 89.1 Å². The summed E-state index contributed by atoms with van der Waals surface area (Å²) in [5.74, 6) is 3.52. The molecule has 0 saturated carbocycles. The second kappa shape index (κ2) is 24.4. The molecule has 4 aromatic heterocycles. The first-order valence-electron chi connectivity index (χ1n) is 33.4. The monoisotopic (exact) mass is 1260 g/mol. The molecule has 0 radical (unpaired) electrons. The third-order valence-electron chi connectivity index (χ3n) is 19.2. The van der Waals surface area contributed by atoms with Gasteiger partial charge in [0.15, 0.2) is 34.9 Å². The van der Waals surface area contributed by atoms with Gasteiger partial charge in [-0.05, 0) is 176 Å². The Morgan fingerprint density at radius 1 is 0.204 bits per heavy atom. The number of fused-ring (bicyclic) bond motifs is 6. The van der Waals surface area contributed by atoms with E-state index in [1.807, 2.05) is 72.8 Å². The summed E-state index contributed by atoms with van der Waals surface area (Å²) in [5.41, 5.74) is 28.2. The summed E-state index contributed by atoms with van der Waals surface area (Å²) in [6, 6.07) is 104. The Balaban J connectivity index is 0.921. The molecule has 0 amide bonds. The Morgan fingerprint density at radius 3 is 0.837 bits per heavy atom. The fourth-order valence-electron chi connectivity index (χ4n) is 15.0. The lowest BCUT2D eigenvalue weighted by atomic mass is 9.93. The summed E-state index contributed by atoms with van der Waals surface area (Å²) in [6.45, 7) is 13.3. The molecule has 0 aliphatic heterocycles. The van der Waals surface area contributed by atoms with E-state index in [0.29, 0.717) is 34.9 Å². The molecular weight excluding hydrogens is 1190 g/mol. The number of hydrogen-bond acceptors (Lipinski definition) is 6. The third kappa shape index (κ3) is 10.6. The summed E-state index contributed by atoms with van der Waals surface area (Å²) in [6.07, 6.45) is 0. The highest BCUT2D eigenvalue weighted by atomic mass is 15.0. The fourth-order valence-corrected chi connectivity index (χ4v) is 15.0. The molecule has 13 aromatic carbocycles. The van der Waals surface area contributed by atoms with Crippen molar-refractivity contribution < 1.29 is 0 Å². The molecule has 0 N–H and O–H groups in total. The van der Waals surface area contributed by atoms with Gasteiger partial charge in [-0.2, -0.15) is 0 Å². The fraction of sp³-hybridized carbons (Fsp3) is 0.0667. The molecule has 466 valence electrons. The summed E-state index contributed by atoms with van der Waals surface area (Å²) < 4.78 is 4.89. The van der Waals surface area contributed by atoms with Crippen LogP contribution in [0.5, 0.6) is 0 Å². The second-order valence-corrected chi connectivity index (χ2v) is 25.8. The van der Waals surface area contributed by atoms with Gasteiger partial charge in [-0.3, -0.25) is 0 Å². The van der Waals surface area contributed by atoms with Crippen molar-refractivity contribution in [3.05, 3.63) is 325 Å². The molecule has 0 unspecified atom stereocenters. The van der Waals surface area contributed by atoms with Crippen LogP contribution in [0.1, 0.15) is 33.4 Å². The third-order valence-corrected chi connectivity index (χ3v) is 19.2. The first kappa shape index (κ1) is 59.2. The van der Waals surface area contributed by atoms with Gasteiger partial charge in [0.1, 0.15) is 0 Å². The topological polar surface area (TPSA) is 87.2 Å². The predicted octanol–water partition coefficient (Wildman–Crippen LogP) is 22.8. The molecule has 17 aromatic rings. The molecule has 0 spiro atoms. The van der Waals surface area contributed by atoms with Crippen molar-refractivity contribution in [1.82, 2.24) is 39.0 Å². The van der Waals surface area contributed by atoms with E-state index in [9.17, 15) is 0 Å². The zero-order chi connectivity index (χ0) is 66.1. The van der Waals surface area contributed by atoms with E-state index in [4.69, 9.17) is 29.9 Å². The minimum absolute atomic E-state index is 0.566. The van der Waals surface area contributed by atoms with Gasteiger partial charge < -0.3 is 9.13 Å². The Hall–Kier alpha value is -12.5. The van der Waals surface area contributed by atoms with Gasteiger partial charge in [-0.25, -0.2) is 29.9 Å². The van der Waals surface area contributed by atoms with Crippen LogP contribution in [0.2, 0.25) is 0 Å². The molecule has 0 aliphatic rings. The van der Waals surface area contributed by atoms with Gasteiger partial charge in [0.2, 0.25) is 0 Å². The van der Waals surface area contributed by atoms with Crippen LogP contribution in [-0.4, -0.2) is 39.0 Å². The Kier molecular flexibility index (Phi) is 14.7. The van der Waals surface area contributed by atoms with Crippen LogP contribution in [-0.2, 0) is 0 Å². The van der Waals surface area contributed by atoms with Crippen molar-refractivity contribution in [2.45, 2.75) is 41.5 Å². The standard InChI is InChI=1S/C90H66N8/c1-55-46-57(3)83(58(4)47-55)67-38-42-81-75(51-67)71-34-19-21-36-77(71)97(81)79-44-40-69(89-93-85(61-24-11-7-12-25-61)91-86(94-89)62-26-13-8-14-27-62)53-73(79)65-32-23-33-66(50-65)74-54-70(90-95-87(63-28-15-9-16-29-63)92-88(96-90)64-30-17-10-18-31-64)41-45-80(74)98-78-37-22-20-35-72(78)76-52-68(39-43-82(76)98)84-59(5)48-56(2)49-60(84)6/h7-54H,1-6H3. The normalized spacial score (nSPS) is 11.6. The largest absolute Gasteiger partial charge is 0.309 e. The van der Waals surface area contributed by atoms with Crippen molar-refractivity contribution in [1.29, 1.82) is 0 Å². The van der Waals surface area contributed by atoms with E-state index in [1.54, 1.807) is 0 Å². The van der Waals surface area contributed by atoms with Crippen LogP contribution in [0.25, 0.3) is 168 Å². The maximum Gasteiger partial charge on any atom is 0.164 e. The maximum absolute atomic E-state index is 5.32. The molecule has 0 atom stereocenters. The molecule has 0 aliphatic carbocycles. The number of para-hydroxylation sites is 2. The molecule has 17 rings (SSSR count). The number of nitrogens with zero attached hydrogens (tertiary/aromatic N) is 8. The van der Waals surface area contributed by atoms with E-state index in [1.165, 1.54) is 77.2 Å². The maximum atomic E-state index is 5.32. The molecule has 8 heteroatoms. The Labute approximate surface area is 569 Å². The van der Waals surface area contributed by atoms with Crippen LogP contribution >= 0.6 is 0 Å². The first-order chi connectivity index (χ1) is 48.0. The van der Waals surface area contributed by atoms with Gasteiger partial charge in [0.05, 0.1) is 33.4 Å². The minimum Gasteiger partial charge on any atom is -0.309 e. The van der Waals surface area contributed by atoms with Crippen LogP contribution < -0.4 is 0 Å². The lowest BCUT2D eigenvalue weighted by Gasteiger charge is -2.19. The van der Waals surface area contributed by atoms with E-state index in [-0.39, 0.29) is 0 Å². The number of hydrogen-bond donors (Lipinski definition) is 0. The van der Waals surface area contributed by atoms with Crippen LogP contribution in [0.4, 0.5) is 0 Å². The van der Waals surface area contributed by atoms with E-state index in [2.05, 4.69) is 269 Å². The highest BCUT2D eigenvalue weighted by molar-refractivity contribution is 6.13. The van der Waals surface area contributed by atoms with Crippen molar-refractivity contribution in [2.75, 3.05) is 0 Å². The quantitative estimate of drug-likeness (QED) is 0.121. The number of aryl methyl sites for hydroxylation is 6. The summed E-state index contributed by atoms with van der Waals surface area (Å²) in [4.78, 5) is 31.5. The Morgan fingerprint density at radius 2 is 0.490 bits per heavy atom. The summed E-state index contributed by atoms with van der Waals surface area (Å²) in [5, 5.41) is 4.68. The van der Waals surface area contributed by atoms with Gasteiger partial charge in [0.25, 0.3) is 0 Å². The Bertz CT molecular complexity index is 5460. The average molecular weight is 1260 g/mol. The van der Waals surface area contributed by atoms with Crippen LogP contribution in [0.3, 0.4) is 0 Å². The van der Waals surface area contributed by atoms with Crippen LogP contribution in [0, 0.1) is 41.5 Å². The highest BCUT2D eigenvalue weighted by Crippen LogP contribution is 2.45. The zero-order valence-electron chi connectivity index (χ0n) is 55.3. The summed E-state index contributed by atoms with van der Waals surface area (Å²) >= 11 is 0. The molecule has 8 nitrogen and oxygen atoms in total. The van der Waals surface area contributed by atoms with Gasteiger partial charge in [-0.15, -0.1) is 0 Å². The van der Waals surface area contributed by atoms with Crippen molar-refractivity contribution in [2.24, 2.45) is 0 Å². The average Bonchev–Trinajstić information content (AvgIpc) is 1.58. The molecule has 0 saturated heterocycles. The summed E-state index contributed by atoms with van der Waals surface area (Å²) in [7, 11) is 0. The van der Waals surface area contributed by atoms with E-state index >= 15 is 0 Å². The highest BCUT2D eigenvalue weighted by Gasteiger charge is 2.24. The SMILES string of the molecule is Cc1cc(C)c(-c2ccc3c(c2)c2ccccc2n3-c2ccc(-c3nc(-c4ccccc4)nc(-c4ccccc4)n3)cc2-c2cccc(-c3cc(-c4nc(-c5ccccc5)nc(-c5ccccc5)n4)ccc3-n3c4ccccc4c4cc(-c5c(C)cc(C)cc5C)ccc43)c2)c(C)c1. The van der Waals surface area contributed by atoms with Crippen molar-refractivity contribution in [3.8, 4) is 124 Å². The number of rotatable bonds is 12. The van der Waals surface area contributed by atoms with Gasteiger partial charge in [0, 0.05) is 66.1 Å². The van der Waals surface area contributed by atoms with Gasteiger partial charge in [-0.1, -0.05) is 223 Å². The second-order valence-electron chi connectivity index (χ2n) is 25.8. The lowest BCUT2D eigenvalue weighted by Crippen LogP contribution is -2.02. The van der Waals surface area contributed by atoms with Gasteiger partial charge >= 0.3 is 0 Å². The molecule has 4 heterocycles. The number of benzene rings is 13. The van der Waals surface area contributed by atoms with E-state index < -0.39 is 0 Å². The lowest BCUT2D eigenvalue weighted by molar-refractivity contribution is 1.07. The molecule has 0 bridgehead atoms. The van der Waals surface area contributed by atoms with Crippen molar-refractivity contribution in [3.63, 3.8) is 0 Å². The van der Waals surface area contributed by atoms with Crippen LogP contribution in [0.15, 0.2) is 291 Å². The molecule has 0 fully saturated rings. The first-order valence-corrected chi connectivity index (χ1v) is 33.4. The van der Waals surface area contributed by atoms with Crippen molar-refractivity contribution >= 4 is 43.6 Å². The molecule has 98 heavy (non-hydrogen) atoms. The smallest absolute Gasteiger partial charge is 0.164 e. The predicted molar refractivity (Wildman–Crippen MR) is 405 cm³/mol. The number of aromatic nitrogens is 8. The molecular formula is C90H66N8.